The minimum atomic E-state index is -0.465. The molecule has 1 heterocycles. The highest BCUT2D eigenvalue weighted by molar-refractivity contribution is 6.30. The number of carbonyl (C=O) groups is 1. The molecule has 0 spiro atoms. The van der Waals surface area contributed by atoms with Crippen molar-refractivity contribution < 1.29 is 9.53 Å². The number of likely N-dealkylation sites (tertiary alicyclic amines) is 1. The number of hydrogen-bond donors (Lipinski definition) is 1. The van der Waals surface area contributed by atoms with Crippen LogP contribution in [0.2, 0.25) is 5.02 Å². The molecule has 4 nitrogen and oxygen atoms in total. The molecule has 2 N–H and O–H groups in total. The summed E-state index contributed by atoms with van der Waals surface area (Å²) < 4.78 is 5.47. The number of amides is 1. The van der Waals surface area contributed by atoms with E-state index in [1.54, 1.807) is 4.90 Å². The van der Waals surface area contributed by atoms with Crippen LogP contribution in [0.1, 0.15) is 39.2 Å². The maximum absolute atomic E-state index is 12.2. The lowest BCUT2D eigenvalue weighted by Gasteiger charge is -2.36. The summed E-state index contributed by atoms with van der Waals surface area (Å²) >= 11 is 6.03. The minimum absolute atomic E-state index is 0.0127. The summed E-state index contributed by atoms with van der Waals surface area (Å²) in [5.74, 6) is 0.287. The molecule has 0 radical (unpaired) electrons. The van der Waals surface area contributed by atoms with Crippen LogP contribution < -0.4 is 5.73 Å². The van der Waals surface area contributed by atoms with E-state index in [0.717, 1.165) is 36.4 Å². The third kappa shape index (κ3) is 5.70. The third-order valence-electron chi connectivity index (χ3n) is 4.08. The molecule has 1 saturated heterocycles. The normalized spacial score (nSPS) is 20.2. The Hall–Kier alpha value is -1.26. The highest BCUT2D eigenvalue weighted by Crippen LogP contribution is 2.23. The van der Waals surface area contributed by atoms with E-state index in [0.29, 0.717) is 6.54 Å². The fourth-order valence-electron chi connectivity index (χ4n) is 2.95. The Morgan fingerprint density at radius 2 is 2.22 bits per heavy atom. The molecule has 1 aliphatic heterocycles. The Morgan fingerprint density at radius 3 is 2.87 bits per heavy atom. The van der Waals surface area contributed by atoms with Gasteiger partial charge in [0.2, 0.25) is 0 Å². The lowest BCUT2D eigenvalue weighted by Crippen LogP contribution is -2.48. The number of nitrogens with zero attached hydrogens (tertiary/aromatic N) is 1. The smallest absolute Gasteiger partial charge is 0.410 e. The van der Waals surface area contributed by atoms with Crippen LogP contribution in [0.5, 0.6) is 0 Å². The van der Waals surface area contributed by atoms with Gasteiger partial charge in [0.25, 0.3) is 0 Å². The summed E-state index contributed by atoms with van der Waals surface area (Å²) in [7, 11) is 0. The van der Waals surface area contributed by atoms with Gasteiger partial charge in [0.15, 0.2) is 0 Å². The van der Waals surface area contributed by atoms with Gasteiger partial charge in [-0.25, -0.2) is 4.79 Å². The molecule has 0 aliphatic carbocycles. The van der Waals surface area contributed by atoms with Crippen LogP contribution in [0.15, 0.2) is 24.3 Å². The van der Waals surface area contributed by atoms with Crippen LogP contribution in [-0.4, -0.2) is 35.7 Å². The van der Waals surface area contributed by atoms with Gasteiger partial charge in [-0.1, -0.05) is 23.7 Å². The van der Waals surface area contributed by atoms with Crippen molar-refractivity contribution in [2.24, 2.45) is 11.7 Å². The van der Waals surface area contributed by atoms with Crippen LogP contribution in [-0.2, 0) is 11.2 Å². The van der Waals surface area contributed by atoms with Gasteiger partial charge in [0, 0.05) is 24.2 Å². The molecule has 2 atom stereocenters. The fraction of sp³-hybridized carbons (Fsp3) is 0.611. The lowest BCUT2D eigenvalue weighted by molar-refractivity contribution is 0.0153. The average Bonchev–Trinajstić information content (AvgIpc) is 2.45. The van der Waals surface area contributed by atoms with E-state index < -0.39 is 5.60 Å². The predicted molar refractivity (Wildman–Crippen MR) is 93.7 cm³/mol. The van der Waals surface area contributed by atoms with Crippen molar-refractivity contribution in [3.63, 3.8) is 0 Å². The topological polar surface area (TPSA) is 55.6 Å². The lowest BCUT2D eigenvalue weighted by atomic mass is 9.88. The molecule has 1 aromatic carbocycles. The van der Waals surface area contributed by atoms with E-state index in [1.807, 2.05) is 45.0 Å². The fourth-order valence-corrected chi connectivity index (χ4v) is 3.17. The van der Waals surface area contributed by atoms with E-state index in [1.165, 1.54) is 0 Å². The maximum Gasteiger partial charge on any atom is 0.410 e. The highest BCUT2D eigenvalue weighted by Gasteiger charge is 2.30. The molecule has 1 aromatic rings. The average molecular weight is 339 g/mol. The standard InChI is InChI=1S/C18H27ClN2O2/c1-18(2,3)23-17(22)21-9-5-7-14(12-21)16(20)11-13-6-4-8-15(19)10-13/h4,6,8,10,14,16H,5,7,9,11-12,20H2,1-3H3. The van der Waals surface area contributed by atoms with Gasteiger partial charge in [-0.05, 0) is 63.6 Å². The summed E-state index contributed by atoms with van der Waals surface area (Å²) in [4.78, 5) is 14.0. The number of rotatable bonds is 3. The second-order valence-corrected chi connectivity index (χ2v) is 7.76. The van der Waals surface area contributed by atoms with Crippen molar-refractivity contribution in [3.8, 4) is 0 Å². The largest absolute Gasteiger partial charge is 0.444 e. The number of ether oxygens (including phenoxy) is 1. The summed E-state index contributed by atoms with van der Waals surface area (Å²) in [5.41, 5.74) is 7.07. The van der Waals surface area contributed by atoms with Crippen LogP contribution >= 0.6 is 11.6 Å². The summed E-state index contributed by atoms with van der Waals surface area (Å²) in [6.45, 7) is 7.07. The Labute approximate surface area is 143 Å². The molecule has 1 aliphatic rings. The van der Waals surface area contributed by atoms with Gasteiger partial charge in [0.05, 0.1) is 0 Å². The van der Waals surface area contributed by atoms with Gasteiger partial charge in [-0.3, -0.25) is 0 Å². The first-order valence-corrected chi connectivity index (χ1v) is 8.60. The molecule has 128 valence electrons. The zero-order chi connectivity index (χ0) is 17.0. The zero-order valence-electron chi connectivity index (χ0n) is 14.2. The van der Waals surface area contributed by atoms with Gasteiger partial charge in [-0.15, -0.1) is 0 Å². The first-order valence-electron chi connectivity index (χ1n) is 8.22. The van der Waals surface area contributed by atoms with E-state index in [-0.39, 0.29) is 18.1 Å². The Morgan fingerprint density at radius 1 is 1.48 bits per heavy atom. The summed E-state index contributed by atoms with van der Waals surface area (Å²) in [5, 5.41) is 0.730. The second-order valence-electron chi connectivity index (χ2n) is 7.33. The Bertz CT molecular complexity index is 542. The molecule has 5 heteroatoms. The Kier molecular flexibility index (Phi) is 5.93. The SMILES string of the molecule is CC(C)(C)OC(=O)N1CCCC(C(N)Cc2cccc(Cl)c2)C1. The van der Waals surface area contributed by atoms with Gasteiger partial charge in [0.1, 0.15) is 5.60 Å². The van der Waals surface area contributed by atoms with Crippen molar-refractivity contribution in [1.29, 1.82) is 0 Å². The van der Waals surface area contributed by atoms with Crippen LogP contribution in [0.25, 0.3) is 0 Å². The number of nitrogens with two attached hydrogens (primary N) is 1. The Balaban J connectivity index is 1.93. The maximum atomic E-state index is 12.2. The van der Waals surface area contributed by atoms with E-state index in [4.69, 9.17) is 22.1 Å². The van der Waals surface area contributed by atoms with Crippen LogP contribution in [0.4, 0.5) is 4.79 Å². The molecule has 1 fully saturated rings. The number of halogens is 1. The second kappa shape index (κ2) is 7.54. The predicted octanol–water partition coefficient (Wildman–Crippen LogP) is 3.86. The molecular weight excluding hydrogens is 312 g/mol. The van der Waals surface area contributed by atoms with Gasteiger partial charge >= 0.3 is 6.09 Å². The number of hydrogen-bond acceptors (Lipinski definition) is 3. The van der Waals surface area contributed by atoms with Crippen molar-refractivity contribution in [2.75, 3.05) is 13.1 Å². The van der Waals surface area contributed by atoms with Gasteiger partial charge < -0.3 is 15.4 Å². The number of benzene rings is 1. The van der Waals surface area contributed by atoms with Crippen molar-refractivity contribution in [3.05, 3.63) is 34.9 Å². The first-order chi connectivity index (χ1) is 10.7. The number of piperidine rings is 1. The van der Waals surface area contributed by atoms with Crippen LogP contribution in [0.3, 0.4) is 0 Å². The molecule has 0 bridgehead atoms. The van der Waals surface area contributed by atoms with Crippen LogP contribution in [0, 0.1) is 5.92 Å². The third-order valence-corrected chi connectivity index (χ3v) is 4.31. The quantitative estimate of drug-likeness (QED) is 0.910. The highest BCUT2D eigenvalue weighted by atomic mass is 35.5. The van der Waals surface area contributed by atoms with Crippen molar-refractivity contribution in [1.82, 2.24) is 4.90 Å². The minimum Gasteiger partial charge on any atom is -0.444 e. The molecule has 1 amide bonds. The molecule has 2 rings (SSSR count). The molecule has 0 saturated carbocycles. The molecule has 23 heavy (non-hydrogen) atoms. The van der Waals surface area contributed by atoms with E-state index >= 15 is 0 Å². The zero-order valence-corrected chi connectivity index (χ0v) is 15.0. The molecular formula is C18H27ClN2O2. The summed E-state index contributed by atoms with van der Waals surface area (Å²) in [6, 6.07) is 7.81. The monoisotopic (exact) mass is 338 g/mol. The molecule has 0 aromatic heterocycles. The molecule has 2 unspecified atom stereocenters. The van der Waals surface area contributed by atoms with Crippen molar-refractivity contribution in [2.45, 2.75) is 51.7 Å². The summed E-state index contributed by atoms with van der Waals surface area (Å²) in [6.07, 6.45) is 2.54. The van der Waals surface area contributed by atoms with Crippen molar-refractivity contribution >= 4 is 17.7 Å². The van der Waals surface area contributed by atoms with E-state index in [9.17, 15) is 4.79 Å². The first kappa shape index (κ1) is 18.1. The van der Waals surface area contributed by atoms with E-state index in [2.05, 4.69) is 0 Å². The number of carbonyl (C=O) groups excluding carboxylic acids is 1. The van der Waals surface area contributed by atoms with Gasteiger partial charge in [-0.2, -0.15) is 0 Å².